The molecule has 0 radical (unpaired) electrons. The van der Waals surface area contributed by atoms with Crippen LogP contribution in [-0.4, -0.2) is 70.8 Å². The zero-order valence-corrected chi connectivity index (χ0v) is 23.1. The van der Waals surface area contributed by atoms with Crippen molar-refractivity contribution in [3.05, 3.63) is 71.8 Å². The predicted molar refractivity (Wildman–Crippen MR) is 144 cm³/mol. The van der Waals surface area contributed by atoms with Gasteiger partial charge in [-0.25, -0.2) is 4.79 Å². The van der Waals surface area contributed by atoms with Crippen molar-refractivity contribution in [1.82, 2.24) is 15.1 Å². The molecule has 2 aromatic rings. The standard InChI is InChI=1S/C29H37N3O7/c1-6-38-25(34)20-32(18-23-15-11-8-12-16-23)27(36)24(33)19-31(17-22-13-9-7-10-14-22)26(35)21(2)30-28(37)39-29(3,4)5/h7-16,21H,6,17-20H2,1-5H3,(H,30,37)/t21-/m0/s1. The largest absolute Gasteiger partial charge is 0.465 e. The molecule has 1 atom stereocenters. The second-order valence-corrected chi connectivity index (χ2v) is 9.92. The number of hydrogen-bond acceptors (Lipinski definition) is 7. The fourth-order valence-corrected chi connectivity index (χ4v) is 3.62. The molecule has 0 saturated heterocycles. The van der Waals surface area contributed by atoms with Gasteiger partial charge in [0.05, 0.1) is 13.2 Å². The molecule has 1 N–H and O–H groups in total. The van der Waals surface area contributed by atoms with Crippen LogP contribution in [-0.2, 0) is 41.7 Å². The summed E-state index contributed by atoms with van der Waals surface area (Å²) in [5, 5.41) is 2.48. The Morgan fingerprint density at radius 3 is 1.82 bits per heavy atom. The molecule has 3 amide bonds. The quantitative estimate of drug-likeness (QED) is 0.325. The number of nitrogens with one attached hydrogen (secondary N) is 1. The van der Waals surface area contributed by atoms with Gasteiger partial charge >= 0.3 is 12.1 Å². The van der Waals surface area contributed by atoms with Crippen LogP contribution in [0.3, 0.4) is 0 Å². The second-order valence-electron chi connectivity index (χ2n) is 9.92. The van der Waals surface area contributed by atoms with Gasteiger partial charge in [-0.1, -0.05) is 60.7 Å². The Morgan fingerprint density at radius 1 is 0.821 bits per heavy atom. The highest BCUT2D eigenvalue weighted by Gasteiger charge is 2.30. The van der Waals surface area contributed by atoms with Crippen molar-refractivity contribution >= 4 is 29.7 Å². The van der Waals surface area contributed by atoms with E-state index in [0.717, 1.165) is 16.0 Å². The summed E-state index contributed by atoms with van der Waals surface area (Å²) in [5.41, 5.74) is 0.679. The third kappa shape index (κ3) is 11.0. The first-order chi connectivity index (χ1) is 18.4. The Bertz CT molecular complexity index is 1130. The van der Waals surface area contributed by atoms with Gasteiger partial charge in [0.2, 0.25) is 11.7 Å². The van der Waals surface area contributed by atoms with Gasteiger partial charge in [0.15, 0.2) is 0 Å². The second kappa shape index (κ2) is 14.7. The number of carbonyl (C=O) groups excluding carboxylic acids is 5. The van der Waals surface area contributed by atoms with Crippen molar-refractivity contribution in [2.75, 3.05) is 19.7 Å². The summed E-state index contributed by atoms with van der Waals surface area (Å²) in [5.74, 6) is -3.04. The average Bonchev–Trinajstić information content (AvgIpc) is 2.87. The summed E-state index contributed by atoms with van der Waals surface area (Å²) >= 11 is 0. The van der Waals surface area contributed by atoms with Gasteiger partial charge in [0.1, 0.15) is 18.2 Å². The van der Waals surface area contributed by atoms with Gasteiger partial charge < -0.3 is 24.6 Å². The SMILES string of the molecule is CCOC(=O)CN(Cc1ccccc1)C(=O)C(=O)CN(Cc1ccccc1)C(=O)[C@H](C)NC(=O)OC(C)(C)C. The third-order valence-corrected chi connectivity index (χ3v) is 5.33. The van der Waals surface area contributed by atoms with Crippen molar-refractivity contribution in [3.63, 3.8) is 0 Å². The lowest BCUT2D eigenvalue weighted by Crippen LogP contribution is -2.51. The summed E-state index contributed by atoms with van der Waals surface area (Å²) in [6.07, 6.45) is -0.783. The van der Waals surface area contributed by atoms with E-state index in [9.17, 15) is 24.0 Å². The van der Waals surface area contributed by atoms with Crippen LogP contribution in [0.25, 0.3) is 0 Å². The number of benzene rings is 2. The summed E-state index contributed by atoms with van der Waals surface area (Å²) in [7, 11) is 0. The van der Waals surface area contributed by atoms with E-state index in [2.05, 4.69) is 5.32 Å². The van der Waals surface area contributed by atoms with E-state index in [4.69, 9.17) is 9.47 Å². The normalized spacial score (nSPS) is 11.6. The average molecular weight is 540 g/mol. The fraction of sp³-hybridized carbons (Fsp3) is 0.414. The first-order valence-electron chi connectivity index (χ1n) is 12.7. The van der Waals surface area contributed by atoms with Crippen LogP contribution in [0.5, 0.6) is 0 Å². The van der Waals surface area contributed by atoms with Gasteiger partial charge in [-0.15, -0.1) is 0 Å². The summed E-state index contributed by atoms with van der Waals surface area (Å²) in [6, 6.07) is 16.8. The third-order valence-electron chi connectivity index (χ3n) is 5.33. The Balaban J connectivity index is 2.23. The molecule has 0 aliphatic carbocycles. The molecule has 0 fully saturated rings. The van der Waals surface area contributed by atoms with Crippen LogP contribution >= 0.6 is 0 Å². The Labute approximate surface area is 229 Å². The number of ether oxygens (including phenoxy) is 2. The molecule has 0 bridgehead atoms. The summed E-state index contributed by atoms with van der Waals surface area (Å²) in [4.78, 5) is 66.5. The number of esters is 1. The van der Waals surface area contributed by atoms with Gasteiger partial charge in [-0.2, -0.15) is 0 Å². The molecule has 10 nitrogen and oxygen atoms in total. The molecule has 0 spiro atoms. The number of ketones is 1. The van der Waals surface area contributed by atoms with Gasteiger partial charge in [0, 0.05) is 13.1 Å². The highest BCUT2D eigenvalue weighted by molar-refractivity contribution is 6.37. The topological polar surface area (TPSA) is 122 Å². The maximum atomic E-state index is 13.3. The maximum absolute atomic E-state index is 13.3. The van der Waals surface area contributed by atoms with Crippen LogP contribution in [0.1, 0.15) is 45.7 Å². The van der Waals surface area contributed by atoms with E-state index in [1.54, 1.807) is 76.2 Å². The van der Waals surface area contributed by atoms with Crippen molar-refractivity contribution < 1.29 is 33.4 Å². The molecule has 2 aromatic carbocycles. The Hall–Kier alpha value is -4.21. The zero-order chi connectivity index (χ0) is 29.0. The maximum Gasteiger partial charge on any atom is 0.408 e. The number of carbonyl (C=O) groups is 5. The number of alkyl carbamates (subject to hydrolysis) is 1. The molecule has 210 valence electrons. The number of Topliss-reactive ketones (excluding diaryl/α,β-unsaturated/α-hetero) is 1. The van der Waals surface area contributed by atoms with Crippen LogP contribution in [0.4, 0.5) is 4.79 Å². The van der Waals surface area contributed by atoms with Crippen molar-refractivity contribution in [2.24, 2.45) is 0 Å². The highest BCUT2D eigenvalue weighted by Crippen LogP contribution is 2.11. The number of rotatable bonds is 12. The van der Waals surface area contributed by atoms with Crippen LogP contribution in [0.15, 0.2) is 60.7 Å². The lowest BCUT2D eigenvalue weighted by atomic mass is 10.1. The summed E-state index contributed by atoms with van der Waals surface area (Å²) in [6.45, 7) is 7.39. The Kier molecular flexibility index (Phi) is 11.7. The van der Waals surface area contributed by atoms with E-state index >= 15 is 0 Å². The molecule has 39 heavy (non-hydrogen) atoms. The van der Waals surface area contributed by atoms with E-state index in [-0.39, 0.29) is 19.7 Å². The van der Waals surface area contributed by atoms with Crippen molar-refractivity contribution in [1.29, 1.82) is 0 Å². The molecular weight excluding hydrogens is 502 g/mol. The number of nitrogens with zero attached hydrogens (tertiary/aromatic N) is 2. The number of hydrogen-bond donors (Lipinski definition) is 1. The highest BCUT2D eigenvalue weighted by atomic mass is 16.6. The van der Waals surface area contributed by atoms with Crippen LogP contribution < -0.4 is 5.32 Å². The van der Waals surface area contributed by atoms with Crippen LogP contribution in [0.2, 0.25) is 0 Å². The monoisotopic (exact) mass is 539 g/mol. The summed E-state index contributed by atoms with van der Waals surface area (Å²) < 4.78 is 10.2. The lowest BCUT2D eigenvalue weighted by Gasteiger charge is -2.28. The van der Waals surface area contributed by atoms with Crippen molar-refractivity contribution in [2.45, 2.75) is 59.4 Å². The van der Waals surface area contributed by atoms with E-state index in [1.165, 1.54) is 11.8 Å². The van der Waals surface area contributed by atoms with E-state index < -0.39 is 54.4 Å². The molecule has 0 heterocycles. The minimum absolute atomic E-state index is 0.00740. The van der Waals surface area contributed by atoms with Crippen LogP contribution in [0, 0.1) is 0 Å². The molecule has 0 aliphatic heterocycles. The van der Waals surface area contributed by atoms with Gasteiger partial charge in [-0.3, -0.25) is 19.2 Å². The molecule has 0 aliphatic rings. The van der Waals surface area contributed by atoms with Gasteiger partial charge in [0.25, 0.3) is 5.91 Å². The van der Waals surface area contributed by atoms with Gasteiger partial charge in [-0.05, 0) is 45.7 Å². The molecule has 0 unspecified atom stereocenters. The predicted octanol–water partition coefficient (Wildman–Crippen LogP) is 3.09. The van der Waals surface area contributed by atoms with Crippen molar-refractivity contribution in [3.8, 4) is 0 Å². The first-order valence-corrected chi connectivity index (χ1v) is 12.7. The Morgan fingerprint density at radius 2 is 1.33 bits per heavy atom. The fourth-order valence-electron chi connectivity index (χ4n) is 3.62. The number of amides is 3. The molecule has 2 rings (SSSR count). The zero-order valence-electron chi connectivity index (χ0n) is 23.1. The lowest BCUT2D eigenvalue weighted by molar-refractivity contribution is -0.153. The minimum atomic E-state index is -1.04. The molecular formula is C29H37N3O7. The smallest absolute Gasteiger partial charge is 0.408 e. The van der Waals surface area contributed by atoms with E-state index in [1.807, 2.05) is 12.1 Å². The van der Waals surface area contributed by atoms with E-state index in [0.29, 0.717) is 0 Å². The molecule has 10 heteroatoms. The first kappa shape index (κ1) is 31.0. The minimum Gasteiger partial charge on any atom is -0.465 e. The molecule has 0 aromatic heterocycles. The molecule has 0 saturated carbocycles.